The molecule has 0 aliphatic rings. The quantitative estimate of drug-likeness (QED) is 0.369. The number of nitrogens with two attached hydrogens (primary N) is 1. The SMILES string of the molecule is Cc1cc(Sc2nc(NN)nc3[nH]ncc23)n(C)n1. The van der Waals surface area contributed by atoms with Gasteiger partial charge in [-0.2, -0.15) is 15.2 Å². The molecule has 0 spiro atoms. The molecule has 3 aromatic heterocycles. The Hall–Kier alpha value is -2.13. The average Bonchev–Trinajstić information content (AvgIpc) is 2.96. The minimum atomic E-state index is 0.346. The average molecular weight is 276 g/mol. The maximum Gasteiger partial charge on any atom is 0.240 e. The van der Waals surface area contributed by atoms with Crippen LogP contribution < -0.4 is 11.3 Å². The van der Waals surface area contributed by atoms with Gasteiger partial charge in [-0.3, -0.25) is 15.2 Å². The molecule has 0 aliphatic carbocycles. The molecule has 0 unspecified atom stereocenters. The lowest BCUT2D eigenvalue weighted by molar-refractivity contribution is 0.692. The summed E-state index contributed by atoms with van der Waals surface area (Å²) in [5.41, 5.74) is 4.05. The highest BCUT2D eigenvalue weighted by atomic mass is 32.2. The first-order valence-electron chi connectivity index (χ1n) is 5.53. The van der Waals surface area contributed by atoms with Crippen LogP contribution in [0.25, 0.3) is 11.0 Å². The molecule has 8 nitrogen and oxygen atoms in total. The molecule has 0 bridgehead atoms. The van der Waals surface area contributed by atoms with E-state index < -0.39 is 0 Å². The summed E-state index contributed by atoms with van der Waals surface area (Å²) in [4.78, 5) is 8.53. The van der Waals surface area contributed by atoms with Crippen molar-refractivity contribution in [1.82, 2.24) is 29.9 Å². The van der Waals surface area contributed by atoms with Gasteiger partial charge < -0.3 is 0 Å². The van der Waals surface area contributed by atoms with Gasteiger partial charge in [0, 0.05) is 7.05 Å². The van der Waals surface area contributed by atoms with Gasteiger partial charge in [-0.1, -0.05) is 0 Å². The standard InChI is InChI=1S/C10H12N8S/c1-5-3-7(18(2)17-5)19-9-6-4-12-16-8(6)13-10(14-9)15-11/h3-4H,11H2,1-2H3,(H2,12,13,14,15,16). The Labute approximate surface area is 112 Å². The number of nitrogen functional groups attached to an aromatic ring is 1. The van der Waals surface area contributed by atoms with Crippen molar-refractivity contribution in [2.75, 3.05) is 5.43 Å². The molecule has 0 aromatic carbocycles. The van der Waals surface area contributed by atoms with Crippen LogP contribution in [0.1, 0.15) is 5.69 Å². The van der Waals surface area contributed by atoms with Crippen molar-refractivity contribution in [2.24, 2.45) is 12.9 Å². The zero-order valence-corrected chi connectivity index (χ0v) is 11.2. The Morgan fingerprint density at radius 2 is 2.26 bits per heavy atom. The topological polar surface area (TPSA) is 110 Å². The molecule has 0 aliphatic heterocycles. The summed E-state index contributed by atoms with van der Waals surface area (Å²) >= 11 is 1.49. The normalized spacial score (nSPS) is 11.1. The summed E-state index contributed by atoms with van der Waals surface area (Å²) in [5.74, 6) is 5.72. The fourth-order valence-electron chi connectivity index (χ4n) is 1.73. The predicted octanol–water partition coefficient (Wildman–Crippen LogP) is 0.832. The van der Waals surface area contributed by atoms with Crippen molar-refractivity contribution >= 4 is 28.7 Å². The molecule has 4 N–H and O–H groups in total. The molecule has 0 fully saturated rings. The fraction of sp³-hybridized carbons (Fsp3) is 0.200. The van der Waals surface area contributed by atoms with E-state index in [1.807, 2.05) is 24.7 Å². The number of aryl methyl sites for hydroxylation is 2. The molecule has 0 saturated carbocycles. The number of hydrogen-bond donors (Lipinski definition) is 3. The summed E-state index contributed by atoms with van der Waals surface area (Å²) in [7, 11) is 1.89. The number of nitrogens with one attached hydrogen (secondary N) is 2. The van der Waals surface area contributed by atoms with Crippen molar-refractivity contribution in [3.8, 4) is 0 Å². The van der Waals surface area contributed by atoms with Crippen molar-refractivity contribution in [2.45, 2.75) is 17.0 Å². The van der Waals surface area contributed by atoms with Gasteiger partial charge in [0.15, 0.2) is 5.65 Å². The summed E-state index contributed by atoms with van der Waals surface area (Å²) in [6.07, 6.45) is 1.70. The Morgan fingerprint density at radius 1 is 1.42 bits per heavy atom. The molecule has 3 aromatic rings. The molecule has 19 heavy (non-hydrogen) atoms. The number of aromatic amines is 1. The van der Waals surface area contributed by atoms with Crippen LogP contribution in [0.5, 0.6) is 0 Å². The van der Waals surface area contributed by atoms with Crippen LogP contribution in [0.2, 0.25) is 0 Å². The summed E-state index contributed by atoms with van der Waals surface area (Å²) in [6.45, 7) is 1.95. The number of hydrogen-bond acceptors (Lipinski definition) is 7. The Kier molecular flexibility index (Phi) is 2.84. The number of H-pyrrole nitrogens is 1. The molecule has 0 atom stereocenters. The molecule has 3 heterocycles. The summed E-state index contributed by atoms with van der Waals surface area (Å²) in [6, 6.07) is 1.99. The fourth-order valence-corrected chi connectivity index (χ4v) is 2.72. The molecule has 0 amide bonds. The van der Waals surface area contributed by atoms with Gasteiger partial charge in [-0.25, -0.2) is 10.8 Å². The van der Waals surface area contributed by atoms with E-state index in [1.54, 1.807) is 6.20 Å². The Morgan fingerprint density at radius 3 is 2.95 bits per heavy atom. The van der Waals surface area contributed by atoms with Crippen molar-refractivity contribution < 1.29 is 0 Å². The molecule has 3 rings (SSSR count). The largest absolute Gasteiger partial charge is 0.292 e. The third-order valence-corrected chi connectivity index (χ3v) is 3.66. The van der Waals surface area contributed by atoms with E-state index in [0.717, 1.165) is 21.1 Å². The highest BCUT2D eigenvalue weighted by molar-refractivity contribution is 7.99. The van der Waals surface area contributed by atoms with Crippen molar-refractivity contribution in [3.63, 3.8) is 0 Å². The van der Waals surface area contributed by atoms with Gasteiger partial charge in [-0.15, -0.1) is 0 Å². The van der Waals surface area contributed by atoms with Crippen LogP contribution in [0, 0.1) is 6.92 Å². The van der Waals surface area contributed by atoms with Crippen LogP contribution in [0.15, 0.2) is 22.3 Å². The monoisotopic (exact) mass is 276 g/mol. The minimum absolute atomic E-state index is 0.346. The zero-order valence-electron chi connectivity index (χ0n) is 10.4. The lowest BCUT2D eigenvalue weighted by Crippen LogP contribution is -2.10. The van der Waals surface area contributed by atoms with Gasteiger partial charge in [-0.05, 0) is 24.8 Å². The molecule has 9 heteroatoms. The third-order valence-electron chi connectivity index (χ3n) is 2.56. The second-order valence-corrected chi connectivity index (χ2v) is 4.99. The van der Waals surface area contributed by atoms with E-state index in [0.29, 0.717) is 11.6 Å². The number of anilines is 1. The molecule has 98 valence electrons. The first-order valence-corrected chi connectivity index (χ1v) is 6.35. The van der Waals surface area contributed by atoms with Crippen LogP contribution in [-0.4, -0.2) is 29.9 Å². The van der Waals surface area contributed by atoms with Gasteiger partial charge >= 0.3 is 0 Å². The van der Waals surface area contributed by atoms with E-state index in [4.69, 9.17) is 5.84 Å². The highest BCUT2D eigenvalue weighted by Crippen LogP contribution is 2.31. The Balaban J connectivity index is 2.08. The van der Waals surface area contributed by atoms with E-state index in [2.05, 4.69) is 30.7 Å². The number of fused-ring (bicyclic) bond motifs is 1. The zero-order chi connectivity index (χ0) is 13.4. The number of nitrogens with zero attached hydrogens (tertiary/aromatic N) is 5. The molecule has 0 radical (unpaired) electrons. The van der Waals surface area contributed by atoms with Crippen LogP contribution >= 0.6 is 11.8 Å². The smallest absolute Gasteiger partial charge is 0.240 e. The maximum atomic E-state index is 5.37. The third kappa shape index (κ3) is 2.13. The first-order chi connectivity index (χ1) is 9.17. The number of hydrazine groups is 1. The van der Waals surface area contributed by atoms with Crippen LogP contribution in [-0.2, 0) is 7.05 Å². The van der Waals surface area contributed by atoms with Crippen molar-refractivity contribution in [1.29, 1.82) is 0 Å². The molecular weight excluding hydrogens is 264 g/mol. The lowest BCUT2D eigenvalue weighted by atomic mass is 10.4. The second-order valence-electron chi connectivity index (χ2n) is 3.98. The predicted molar refractivity (Wildman–Crippen MR) is 71.6 cm³/mol. The van der Waals surface area contributed by atoms with Crippen molar-refractivity contribution in [3.05, 3.63) is 18.0 Å². The number of aromatic nitrogens is 6. The van der Waals surface area contributed by atoms with Gasteiger partial charge in [0.25, 0.3) is 0 Å². The minimum Gasteiger partial charge on any atom is -0.292 e. The summed E-state index contributed by atoms with van der Waals surface area (Å²) in [5, 5.41) is 13.7. The van der Waals surface area contributed by atoms with Gasteiger partial charge in [0.05, 0.1) is 17.3 Å². The lowest BCUT2D eigenvalue weighted by Gasteiger charge is -2.04. The molecule has 0 saturated heterocycles. The highest BCUT2D eigenvalue weighted by Gasteiger charge is 2.12. The van der Waals surface area contributed by atoms with E-state index >= 15 is 0 Å². The molecular formula is C10H12N8S. The van der Waals surface area contributed by atoms with Gasteiger partial charge in [0.2, 0.25) is 5.95 Å². The number of rotatable bonds is 3. The van der Waals surface area contributed by atoms with E-state index in [1.165, 1.54) is 11.8 Å². The van der Waals surface area contributed by atoms with Crippen LogP contribution in [0.4, 0.5) is 5.95 Å². The summed E-state index contributed by atoms with van der Waals surface area (Å²) < 4.78 is 1.81. The van der Waals surface area contributed by atoms with E-state index in [9.17, 15) is 0 Å². The first kappa shape index (κ1) is 11.9. The second kappa shape index (κ2) is 4.52. The maximum absolute atomic E-state index is 5.37. The Bertz CT molecular complexity index is 730. The van der Waals surface area contributed by atoms with Gasteiger partial charge in [0.1, 0.15) is 10.1 Å². The van der Waals surface area contributed by atoms with Crippen LogP contribution in [0.3, 0.4) is 0 Å². The van der Waals surface area contributed by atoms with E-state index in [-0.39, 0.29) is 0 Å².